The van der Waals surface area contributed by atoms with E-state index in [0.717, 1.165) is 11.3 Å². The smallest absolute Gasteiger partial charge is 0.119 e. The first-order valence-electron chi connectivity index (χ1n) is 4.06. The molecule has 1 aromatic carbocycles. The zero-order valence-electron chi connectivity index (χ0n) is 7.23. The lowest BCUT2D eigenvalue weighted by Crippen LogP contribution is -1.95. The number of aliphatic hydroxyl groups excluding tert-OH is 1. The third-order valence-electron chi connectivity index (χ3n) is 1.59. The minimum absolute atomic E-state index is 0.0402. The van der Waals surface area contributed by atoms with E-state index < -0.39 is 0 Å². The summed E-state index contributed by atoms with van der Waals surface area (Å²) in [6.07, 6.45) is 0.391. The summed E-state index contributed by atoms with van der Waals surface area (Å²) in [5, 5.41) is 17.0. The van der Waals surface area contributed by atoms with Gasteiger partial charge in [-0.05, 0) is 17.7 Å². The maximum Gasteiger partial charge on any atom is 0.119 e. The van der Waals surface area contributed by atoms with Crippen molar-refractivity contribution < 1.29 is 9.84 Å². The fraction of sp³-hybridized carbons (Fsp3) is 0.300. The molecule has 1 rings (SSSR count). The second kappa shape index (κ2) is 5.18. The summed E-state index contributed by atoms with van der Waals surface area (Å²) in [4.78, 5) is 0. The van der Waals surface area contributed by atoms with Gasteiger partial charge >= 0.3 is 0 Å². The third-order valence-corrected chi connectivity index (χ3v) is 1.59. The highest BCUT2D eigenvalue weighted by Gasteiger charge is 1.93. The van der Waals surface area contributed by atoms with Crippen molar-refractivity contribution in [3.8, 4) is 11.8 Å². The first-order chi connectivity index (χ1) is 6.36. The fourth-order valence-electron chi connectivity index (χ4n) is 0.906. The molecule has 13 heavy (non-hydrogen) atoms. The van der Waals surface area contributed by atoms with Crippen molar-refractivity contribution in [2.75, 3.05) is 6.61 Å². The lowest BCUT2D eigenvalue weighted by molar-refractivity contribution is 0.281. The van der Waals surface area contributed by atoms with Crippen LogP contribution in [0.3, 0.4) is 0 Å². The van der Waals surface area contributed by atoms with Crippen molar-refractivity contribution in [3.63, 3.8) is 0 Å². The Bertz CT molecular complexity index is 287. The summed E-state index contributed by atoms with van der Waals surface area (Å²) in [6.45, 7) is 0.452. The molecule has 0 unspecified atom stereocenters. The van der Waals surface area contributed by atoms with Crippen molar-refractivity contribution in [1.29, 1.82) is 5.26 Å². The molecule has 0 aromatic heterocycles. The molecule has 0 spiro atoms. The van der Waals surface area contributed by atoms with E-state index in [9.17, 15) is 0 Å². The minimum atomic E-state index is 0.0402. The number of nitrogens with zero attached hydrogens (tertiary/aromatic N) is 1. The van der Waals surface area contributed by atoms with Gasteiger partial charge in [-0.1, -0.05) is 12.1 Å². The number of ether oxygens (including phenoxy) is 1. The van der Waals surface area contributed by atoms with Crippen LogP contribution in [0.25, 0.3) is 0 Å². The molecule has 0 atom stereocenters. The molecule has 3 heteroatoms. The Balaban J connectivity index is 2.45. The van der Waals surface area contributed by atoms with Gasteiger partial charge in [0.1, 0.15) is 12.4 Å². The van der Waals surface area contributed by atoms with E-state index in [1.807, 2.05) is 6.07 Å². The van der Waals surface area contributed by atoms with Gasteiger partial charge in [0.2, 0.25) is 0 Å². The normalized spacial score (nSPS) is 9.23. The summed E-state index contributed by atoms with van der Waals surface area (Å²) in [5.74, 6) is 0.729. The van der Waals surface area contributed by atoms with Crippen LogP contribution in [0.1, 0.15) is 12.0 Å². The van der Waals surface area contributed by atoms with Gasteiger partial charge in [-0.2, -0.15) is 5.26 Å². The summed E-state index contributed by atoms with van der Waals surface area (Å²) in [5.41, 5.74) is 0.854. The van der Waals surface area contributed by atoms with E-state index in [2.05, 4.69) is 0 Å². The van der Waals surface area contributed by atoms with Crippen LogP contribution in [0, 0.1) is 11.3 Å². The van der Waals surface area contributed by atoms with Crippen LogP contribution in [-0.4, -0.2) is 11.7 Å². The van der Waals surface area contributed by atoms with Crippen molar-refractivity contribution in [3.05, 3.63) is 29.8 Å². The number of rotatable bonds is 4. The van der Waals surface area contributed by atoms with Crippen molar-refractivity contribution in [2.45, 2.75) is 13.0 Å². The molecule has 0 saturated heterocycles. The molecule has 0 fully saturated rings. The molecule has 1 aromatic rings. The summed E-state index contributed by atoms with van der Waals surface area (Å²) >= 11 is 0. The highest BCUT2D eigenvalue weighted by Crippen LogP contribution is 2.11. The fourth-order valence-corrected chi connectivity index (χ4v) is 0.906. The molecule has 3 nitrogen and oxygen atoms in total. The molecule has 0 heterocycles. The first kappa shape index (κ1) is 9.56. The van der Waals surface area contributed by atoms with Crippen molar-refractivity contribution in [1.82, 2.24) is 0 Å². The van der Waals surface area contributed by atoms with Gasteiger partial charge in [-0.3, -0.25) is 0 Å². The van der Waals surface area contributed by atoms with Crippen LogP contribution < -0.4 is 4.74 Å². The third kappa shape index (κ3) is 3.14. The highest BCUT2D eigenvalue weighted by atomic mass is 16.5. The van der Waals surface area contributed by atoms with Gasteiger partial charge in [0.15, 0.2) is 0 Å². The molecule has 0 aliphatic carbocycles. The van der Waals surface area contributed by atoms with E-state index in [1.165, 1.54) is 0 Å². The van der Waals surface area contributed by atoms with Crippen LogP contribution in [0.15, 0.2) is 24.3 Å². The van der Waals surface area contributed by atoms with Gasteiger partial charge < -0.3 is 9.84 Å². The minimum Gasteiger partial charge on any atom is -0.493 e. The maximum absolute atomic E-state index is 8.76. The number of aliphatic hydroxyl groups is 1. The largest absolute Gasteiger partial charge is 0.493 e. The van der Waals surface area contributed by atoms with Crippen LogP contribution in [0.4, 0.5) is 0 Å². The Hall–Kier alpha value is -1.53. The molecule has 0 bridgehead atoms. The second-order valence-electron chi connectivity index (χ2n) is 2.56. The number of hydrogen-bond acceptors (Lipinski definition) is 3. The van der Waals surface area contributed by atoms with Crippen LogP contribution in [0.2, 0.25) is 0 Å². The van der Waals surface area contributed by atoms with E-state index in [0.29, 0.717) is 13.0 Å². The Labute approximate surface area is 77.2 Å². The van der Waals surface area contributed by atoms with E-state index >= 15 is 0 Å². The van der Waals surface area contributed by atoms with E-state index in [-0.39, 0.29) is 6.61 Å². The lowest BCUT2D eigenvalue weighted by Gasteiger charge is -2.03. The van der Waals surface area contributed by atoms with E-state index in [4.69, 9.17) is 15.1 Å². The molecule has 0 radical (unpaired) electrons. The maximum atomic E-state index is 8.76. The average molecular weight is 177 g/mol. The average Bonchev–Trinajstić information content (AvgIpc) is 2.19. The Kier molecular flexibility index (Phi) is 3.80. The van der Waals surface area contributed by atoms with Gasteiger partial charge in [0.25, 0.3) is 0 Å². The number of nitriles is 1. The van der Waals surface area contributed by atoms with E-state index in [1.54, 1.807) is 24.3 Å². The van der Waals surface area contributed by atoms with Crippen molar-refractivity contribution >= 4 is 0 Å². The standard InChI is InChI=1S/C10H11NO2/c11-6-1-7-13-10-4-2-9(8-12)3-5-10/h2-5,12H,1,7-8H2. The van der Waals surface area contributed by atoms with Crippen LogP contribution >= 0.6 is 0 Å². The van der Waals surface area contributed by atoms with Gasteiger partial charge in [0.05, 0.1) is 19.1 Å². The Morgan fingerprint density at radius 3 is 2.54 bits per heavy atom. The van der Waals surface area contributed by atoms with Crippen LogP contribution in [0.5, 0.6) is 5.75 Å². The molecule has 0 saturated carbocycles. The molecule has 0 amide bonds. The first-order valence-corrected chi connectivity index (χ1v) is 4.06. The highest BCUT2D eigenvalue weighted by molar-refractivity contribution is 5.26. The predicted molar refractivity (Wildman–Crippen MR) is 48.1 cm³/mol. The molecule has 0 aliphatic heterocycles. The Morgan fingerprint density at radius 2 is 2.00 bits per heavy atom. The molecular weight excluding hydrogens is 166 g/mol. The number of hydrogen-bond donors (Lipinski definition) is 1. The zero-order chi connectivity index (χ0) is 9.52. The molecule has 68 valence electrons. The monoisotopic (exact) mass is 177 g/mol. The quantitative estimate of drug-likeness (QED) is 0.708. The van der Waals surface area contributed by atoms with Crippen LogP contribution in [-0.2, 0) is 6.61 Å². The van der Waals surface area contributed by atoms with Crippen molar-refractivity contribution in [2.24, 2.45) is 0 Å². The Morgan fingerprint density at radius 1 is 1.31 bits per heavy atom. The topological polar surface area (TPSA) is 53.2 Å². The predicted octanol–water partition coefficient (Wildman–Crippen LogP) is 1.47. The summed E-state index contributed by atoms with van der Waals surface area (Å²) < 4.78 is 5.24. The lowest BCUT2D eigenvalue weighted by atomic mass is 10.2. The second-order valence-corrected chi connectivity index (χ2v) is 2.56. The molecule has 0 aliphatic rings. The summed E-state index contributed by atoms with van der Waals surface area (Å²) in [7, 11) is 0. The van der Waals surface area contributed by atoms with Gasteiger partial charge in [0, 0.05) is 0 Å². The summed E-state index contributed by atoms with van der Waals surface area (Å²) in [6, 6.07) is 9.14. The zero-order valence-corrected chi connectivity index (χ0v) is 7.23. The van der Waals surface area contributed by atoms with Gasteiger partial charge in [-0.25, -0.2) is 0 Å². The molecular formula is C10H11NO2. The number of benzene rings is 1. The SMILES string of the molecule is N#CCCOc1ccc(CO)cc1. The van der Waals surface area contributed by atoms with Gasteiger partial charge in [-0.15, -0.1) is 0 Å². The molecule has 1 N–H and O–H groups in total.